The third kappa shape index (κ3) is 8.24. The fourth-order valence-electron chi connectivity index (χ4n) is 4.96. The molecule has 51 heavy (non-hydrogen) atoms. The van der Waals surface area contributed by atoms with Gasteiger partial charge in [0.25, 0.3) is 11.8 Å². The number of benzene rings is 2. The first kappa shape index (κ1) is 36.7. The number of esters is 1. The van der Waals surface area contributed by atoms with Crippen LogP contribution in [-0.2, 0) is 30.2 Å². The number of ether oxygens (including phenoxy) is 1. The molecule has 0 saturated carbocycles. The third-order valence-electron chi connectivity index (χ3n) is 7.34. The second-order valence-corrected chi connectivity index (χ2v) is 12.7. The lowest BCUT2D eigenvalue weighted by Gasteiger charge is -2.06. The standard InChI is InChI=1S/C17H13F3N2O3S.C16H11F3N2O3S/c1-25-16(24)14-11(17(18,19)20)7-13(26-14)15(23)22-8-9-3-2-4-12-10(9)5-6-21-12;17-16(18,19)10-6-12(25-13(10)15(23)24)14(22)21-7-8-2-1-3-11-9(8)4-5-20-11/h2-7,21H,8H2,1H3,(H,22,23);1-6,20H,7H2,(H,21,22)(H,23,24). The first-order valence-electron chi connectivity index (χ1n) is 14.5. The number of halogens is 6. The van der Waals surface area contributed by atoms with Crippen molar-refractivity contribution in [1.82, 2.24) is 20.6 Å². The zero-order valence-electron chi connectivity index (χ0n) is 25.9. The van der Waals surface area contributed by atoms with Crippen LogP contribution in [0, 0.1) is 0 Å². The van der Waals surface area contributed by atoms with Crippen LogP contribution in [0.1, 0.15) is 60.9 Å². The Balaban J connectivity index is 0.000000198. The molecule has 0 aliphatic heterocycles. The molecule has 0 spiro atoms. The summed E-state index contributed by atoms with van der Waals surface area (Å²) < 4.78 is 82.2. The van der Waals surface area contributed by atoms with Crippen molar-refractivity contribution in [1.29, 1.82) is 0 Å². The summed E-state index contributed by atoms with van der Waals surface area (Å²) >= 11 is 0.760. The Bertz CT molecular complexity index is 2250. The lowest BCUT2D eigenvalue weighted by molar-refractivity contribution is -0.138. The number of fused-ring (bicyclic) bond motifs is 2. The topological polar surface area (TPSA) is 153 Å². The van der Waals surface area contributed by atoms with Gasteiger partial charge in [0.15, 0.2) is 0 Å². The van der Waals surface area contributed by atoms with E-state index in [1.54, 1.807) is 24.5 Å². The van der Waals surface area contributed by atoms with Gasteiger partial charge in [0.05, 0.1) is 28.0 Å². The lowest BCUT2D eigenvalue weighted by Crippen LogP contribution is -2.22. The lowest BCUT2D eigenvalue weighted by atomic mass is 10.1. The number of carboxylic acid groups (broad SMARTS) is 1. The number of hydrogen-bond acceptors (Lipinski definition) is 7. The van der Waals surface area contributed by atoms with Crippen LogP contribution in [0.3, 0.4) is 0 Å². The number of methoxy groups -OCH3 is 1. The van der Waals surface area contributed by atoms with Crippen LogP contribution in [0.4, 0.5) is 26.3 Å². The maximum atomic E-state index is 13.1. The summed E-state index contributed by atoms with van der Waals surface area (Å²) in [5, 5.41) is 15.8. The van der Waals surface area contributed by atoms with Crippen molar-refractivity contribution < 1.29 is 55.4 Å². The number of carbonyl (C=O) groups excluding carboxylic acids is 3. The number of thiophene rings is 2. The van der Waals surface area contributed by atoms with E-state index in [9.17, 15) is 45.5 Å². The number of carboxylic acids is 1. The normalized spacial score (nSPS) is 11.6. The van der Waals surface area contributed by atoms with Crippen LogP contribution in [-0.4, -0.2) is 45.9 Å². The molecule has 10 nitrogen and oxygen atoms in total. The maximum Gasteiger partial charge on any atom is 0.418 e. The number of aromatic carboxylic acids is 1. The molecule has 4 aromatic heterocycles. The summed E-state index contributed by atoms with van der Waals surface area (Å²) in [6, 6.07) is 15.8. The number of aromatic amines is 2. The molecule has 0 atom stereocenters. The molecule has 0 radical (unpaired) electrons. The van der Waals surface area contributed by atoms with Crippen molar-refractivity contribution in [3.8, 4) is 0 Å². The fraction of sp³-hybridized carbons (Fsp3) is 0.152. The van der Waals surface area contributed by atoms with Gasteiger partial charge >= 0.3 is 24.3 Å². The van der Waals surface area contributed by atoms with Crippen molar-refractivity contribution in [3.05, 3.63) is 115 Å². The second-order valence-electron chi connectivity index (χ2n) is 10.6. The molecule has 18 heteroatoms. The third-order valence-corrected chi connectivity index (χ3v) is 9.57. The first-order chi connectivity index (χ1) is 24.1. The Morgan fingerprint density at radius 3 is 1.53 bits per heavy atom. The van der Waals surface area contributed by atoms with E-state index < -0.39 is 57.0 Å². The minimum Gasteiger partial charge on any atom is -0.477 e. The Kier molecular flexibility index (Phi) is 10.6. The summed E-state index contributed by atoms with van der Waals surface area (Å²) in [6.07, 6.45) is -6.09. The van der Waals surface area contributed by atoms with Gasteiger partial charge in [-0.15, -0.1) is 22.7 Å². The first-order valence-corrected chi connectivity index (χ1v) is 16.1. The number of nitrogens with one attached hydrogen (secondary N) is 4. The van der Waals surface area contributed by atoms with Crippen LogP contribution >= 0.6 is 22.7 Å². The van der Waals surface area contributed by atoms with Gasteiger partial charge in [-0.1, -0.05) is 24.3 Å². The highest BCUT2D eigenvalue weighted by molar-refractivity contribution is 7.16. The largest absolute Gasteiger partial charge is 0.477 e. The van der Waals surface area contributed by atoms with E-state index in [2.05, 4.69) is 25.3 Å². The number of H-pyrrole nitrogens is 2. The molecular formula is C33H24F6N4O6S2. The molecule has 0 bridgehead atoms. The number of amides is 2. The van der Waals surface area contributed by atoms with Gasteiger partial charge in [-0.2, -0.15) is 26.3 Å². The average molecular weight is 751 g/mol. The van der Waals surface area contributed by atoms with Crippen molar-refractivity contribution in [2.75, 3.05) is 7.11 Å². The van der Waals surface area contributed by atoms with E-state index in [-0.39, 0.29) is 22.8 Å². The zero-order valence-corrected chi connectivity index (χ0v) is 27.5. The van der Waals surface area contributed by atoms with E-state index in [0.29, 0.717) is 34.8 Å². The molecule has 0 unspecified atom stereocenters. The van der Waals surface area contributed by atoms with Gasteiger partial charge in [0.2, 0.25) is 0 Å². The highest BCUT2D eigenvalue weighted by Crippen LogP contribution is 2.38. The molecule has 2 aromatic carbocycles. The highest BCUT2D eigenvalue weighted by Gasteiger charge is 2.39. The molecule has 2 amide bonds. The summed E-state index contributed by atoms with van der Waals surface area (Å²) in [5.74, 6) is -4.29. The Morgan fingerprint density at radius 2 is 1.14 bits per heavy atom. The summed E-state index contributed by atoms with van der Waals surface area (Å²) in [7, 11) is 0.986. The maximum absolute atomic E-state index is 13.1. The molecule has 266 valence electrons. The molecule has 6 rings (SSSR count). The Morgan fingerprint density at radius 1 is 0.706 bits per heavy atom. The minimum absolute atomic E-state index is 0.107. The molecule has 0 saturated heterocycles. The second kappa shape index (κ2) is 14.7. The minimum atomic E-state index is -4.83. The van der Waals surface area contributed by atoms with Gasteiger partial charge in [-0.05, 0) is 47.5 Å². The number of hydrogen-bond donors (Lipinski definition) is 5. The van der Waals surface area contributed by atoms with Crippen molar-refractivity contribution in [3.63, 3.8) is 0 Å². The van der Waals surface area contributed by atoms with E-state index >= 15 is 0 Å². The van der Waals surface area contributed by atoms with Gasteiger partial charge in [0.1, 0.15) is 9.75 Å². The van der Waals surface area contributed by atoms with E-state index in [0.717, 1.165) is 40.0 Å². The van der Waals surface area contributed by atoms with Crippen molar-refractivity contribution in [2.24, 2.45) is 0 Å². The van der Waals surface area contributed by atoms with Crippen molar-refractivity contribution >= 4 is 68.2 Å². The van der Waals surface area contributed by atoms with Crippen LogP contribution in [0.2, 0.25) is 0 Å². The van der Waals surface area contributed by atoms with Crippen LogP contribution in [0.15, 0.2) is 73.1 Å². The molecule has 4 heterocycles. The summed E-state index contributed by atoms with van der Waals surface area (Å²) in [5.41, 5.74) is 0.877. The monoisotopic (exact) mass is 750 g/mol. The highest BCUT2D eigenvalue weighted by atomic mass is 32.1. The number of rotatable bonds is 8. The van der Waals surface area contributed by atoms with Gasteiger partial charge < -0.3 is 30.4 Å². The summed E-state index contributed by atoms with van der Waals surface area (Å²) in [4.78, 5) is 51.0. The Labute approximate surface area is 291 Å². The predicted molar refractivity (Wildman–Crippen MR) is 176 cm³/mol. The average Bonchev–Trinajstić information content (AvgIpc) is 3.90. The van der Waals surface area contributed by atoms with E-state index in [1.165, 1.54) is 0 Å². The number of aromatic nitrogens is 2. The number of carbonyl (C=O) groups is 4. The molecule has 0 fully saturated rings. The molecule has 0 aliphatic carbocycles. The van der Waals surface area contributed by atoms with Crippen molar-refractivity contribution in [2.45, 2.75) is 25.4 Å². The predicted octanol–water partition coefficient (Wildman–Crippen LogP) is 7.84. The van der Waals surface area contributed by atoms with Crippen LogP contribution in [0.5, 0.6) is 0 Å². The van der Waals surface area contributed by atoms with Crippen LogP contribution < -0.4 is 10.6 Å². The number of alkyl halides is 6. The van der Waals surface area contributed by atoms with Gasteiger partial charge in [-0.25, -0.2) is 9.59 Å². The molecular weight excluding hydrogens is 727 g/mol. The zero-order chi connectivity index (χ0) is 37.1. The SMILES string of the molecule is COC(=O)c1sc(C(=O)NCc2cccc3[nH]ccc23)cc1C(F)(F)F.O=C(NCc1cccc2[nH]ccc12)c1cc(C(F)(F)F)c(C(=O)O)s1. The van der Waals surface area contributed by atoms with E-state index in [4.69, 9.17) is 5.11 Å². The van der Waals surface area contributed by atoms with Gasteiger partial charge in [-0.3, -0.25) is 9.59 Å². The van der Waals surface area contributed by atoms with Gasteiger partial charge in [0, 0.05) is 47.3 Å². The molecule has 5 N–H and O–H groups in total. The quantitative estimate of drug-likeness (QED) is 0.0790. The smallest absolute Gasteiger partial charge is 0.418 e. The molecule has 6 aromatic rings. The Hall–Kier alpha value is -5.62. The fourth-order valence-corrected chi connectivity index (χ4v) is 6.91. The van der Waals surface area contributed by atoms with E-state index in [1.807, 2.05) is 36.4 Å². The summed E-state index contributed by atoms with van der Waals surface area (Å²) in [6.45, 7) is 0.247. The van der Waals surface area contributed by atoms with Crippen LogP contribution in [0.25, 0.3) is 21.8 Å². The molecule has 0 aliphatic rings.